The van der Waals surface area contributed by atoms with Crippen LogP contribution in [-0.2, 0) is 22.4 Å². The zero-order chi connectivity index (χ0) is 30.2. The van der Waals surface area contributed by atoms with Crippen molar-refractivity contribution in [3.63, 3.8) is 0 Å². The van der Waals surface area contributed by atoms with Crippen LogP contribution < -0.4 is 20.2 Å². The number of thiophene rings is 1. The van der Waals surface area contributed by atoms with Gasteiger partial charge in [0, 0.05) is 16.5 Å². The lowest BCUT2D eigenvalue weighted by molar-refractivity contribution is -0.136. The maximum atomic E-state index is 12.8. The molecule has 0 bridgehead atoms. The Labute approximate surface area is 250 Å². The normalized spacial score (nSPS) is 12.1. The molecule has 0 aliphatic heterocycles. The van der Waals surface area contributed by atoms with Crippen LogP contribution >= 0.6 is 11.3 Å². The van der Waals surface area contributed by atoms with Crippen molar-refractivity contribution in [3.05, 3.63) is 112 Å². The summed E-state index contributed by atoms with van der Waals surface area (Å²) >= 11 is 1.31. The van der Waals surface area contributed by atoms with Crippen molar-refractivity contribution in [2.75, 3.05) is 5.32 Å². The monoisotopic (exact) mass is 592 g/mol. The third kappa shape index (κ3) is 7.01. The Hall–Kier alpha value is -5.60. The molecule has 11 heteroatoms. The maximum absolute atomic E-state index is 12.8. The fourth-order valence-corrected chi connectivity index (χ4v) is 5.62. The molecule has 0 spiro atoms. The lowest BCUT2D eigenvalue weighted by Gasteiger charge is -2.10. The third-order valence-corrected chi connectivity index (χ3v) is 7.71. The number of nitrogens with zero attached hydrogens (tertiary/aromatic N) is 2. The van der Waals surface area contributed by atoms with E-state index in [1.54, 1.807) is 60.7 Å². The summed E-state index contributed by atoms with van der Waals surface area (Å²) in [5.74, 6) is -3.20. The number of nitrogens with one attached hydrogen (secondary N) is 2. The fourth-order valence-electron chi connectivity index (χ4n) is 4.39. The molecule has 2 N–H and O–H groups in total. The van der Waals surface area contributed by atoms with Crippen LogP contribution in [0.3, 0.4) is 0 Å². The van der Waals surface area contributed by atoms with Crippen LogP contribution in [0.5, 0.6) is 11.5 Å². The van der Waals surface area contributed by atoms with Gasteiger partial charge in [-0.2, -0.15) is 10.4 Å². The number of hydrazone groups is 1. The number of amides is 2. The molecule has 0 atom stereocenters. The number of benzene rings is 3. The van der Waals surface area contributed by atoms with Gasteiger partial charge in [-0.15, -0.1) is 11.3 Å². The first-order valence-electron chi connectivity index (χ1n) is 13.3. The number of carbonyl (C=O) groups excluding carboxylic acids is 4. The summed E-state index contributed by atoms with van der Waals surface area (Å²) in [5.41, 5.74) is 4.34. The third-order valence-electron chi connectivity index (χ3n) is 6.50. The highest BCUT2D eigenvalue weighted by Gasteiger charge is 2.24. The number of fused-ring (bicyclic) bond motifs is 1. The minimum atomic E-state index is -1.05. The molecule has 10 nitrogen and oxygen atoms in total. The Bertz CT molecular complexity index is 1760. The summed E-state index contributed by atoms with van der Waals surface area (Å²) in [4.78, 5) is 51.4. The van der Waals surface area contributed by atoms with E-state index in [2.05, 4.69) is 21.9 Å². The van der Waals surface area contributed by atoms with Crippen molar-refractivity contribution in [2.24, 2.45) is 5.10 Å². The minimum absolute atomic E-state index is 0.00232. The molecule has 0 saturated heterocycles. The largest absolute Gasteiger partial charge is 0.423 e. The van der Waals surface area contributed by atoms with Crippen molar-refractivity contribution in [1.29, 1.82) is 5.26 Å². The van der Waals surface area contributed by atoms with E-state index in [1.807, 2.05) is 0 Å². The van der Waals surface area contributed by atoms with Gasteiger partial charge in [0.1, 0.15) is 22.6 Å². The molecule has 214 valence electrons. The van der Waals surface area contributed by atoms with Crippen molar-refractivity contribution in [1.82, 2.24) is 5.43 Å². The number of hydrogen-bond acceptors (Lipinski definition) is 9. The van der Waals surface area contributed by atoms with E-state index in [-0.39, 0.29) is 22.6 Å². The number of anilines is 1. The predicted octanol–water partition coefficient (Wildman–Crippen LogP) is 5.03. The fraction of sp³-hybridized carbons (Fsp3) is 0.125. The maximum Gasteiger partial charge on any atom is 0.343 e. The van der Waals surface area contributed by atoms with E-state index in [1.165, 1.54) is 35.8 Å². The zero-order valence-corrected chi connectivity index (χ0v) is 23.5. The van der Waals surface area contributed by atoms with Gasteiger partial charge in [0.15, 0.2) is 0 Å². The van der Waals surface area contributed by atoms with Gasteiger partial charge >= 0.3 is 23.8 Å². The second-order valence-corrected chi connectivity index (χ2v) is 10.5. The minimum Gasteiger partial charge on any atom is -0.423 e. The second-order valence-electron chi connectivity index (χ2n) is 9.39. The van der Waals surface area contributed by atoms with Crippen LogP contribution in [0.2, 0.25) is 0 Å². The molecular formula is C32H24N4O6S. The lowest BCUT2D eigenvalue weighted by atomic mass is 9.96. The molecule has 4 aromatic rings. The molecule has 1 aromatic heterocycles. The van der Waals surface area contributed by atoms with Gasteiger partial charge in [-0.25, -0.2) is 15.0 Å². The van der Waals surface area contributed by atoms with Crippen LogP contribution in [0.1, 0.15) is 55.1 Å². The summed E-state index contributed by atoms with van der Waals surface area (Å²) in [5, 5.41) is 16.3. The summed E-state index contributed by atoms with van der Waals surface area (Å²) in [6.45, 7) is 0. The standard InChI is InChI=1S/C32H24N4O6S/c33-18-25-24-13-7-8-14-27(24)43-30(25)35-28(37)29(38)36-34-19-22-15-16-23(41-31(39)20-9-3-1-4-10-20)17-26(22)42-32(40)21-11-5-2-6-12-21/h1-6,9-12,15-17,19H,7-8,13-14H2,(H,35,37)(H,36,38)/b34-19-. The highest BCUT2D eigenvalue weighted by atomic mass is 32.1. The van der Waals surface area contributed by atoms with Crippen molar-refractivity contribution in [3.8, 4) is 17.6 Å². The van der Waals surface area contributed by atoms with Gasteiger partial charge in [0.05, 0.1) is 22.9 Å². The SMILES string of the molecule is N#Cc1c(NC(=O)C(=O)N/N=C\c2ccc(OC(=O)c3ccccc3)cc2OC(=O)c2ccccc2)sc2c1CCCC2. The van der Waals surface area contributed by atoms with E-state index < -0.39 is 23.8 Å². The smallest absolute Gasteiger partial charge is 0.343 e. The molecule has 0 radical (unpaired) electrons. The molecule has 1 heterocycles. The molecule has 5 rings (SSSR count). The van der Waals surface area contributed by atoms with Crippen molar-refractivity contribution < 1.29 is 28.7 Å². The second kappa shape index (κ2) is 13.4. The Kier molecular flexibility index (Phi) is 8.99. The number of nitriles is 1. The molecule has 3 aromatic carbocycles. The first-order chi connectivity index (χ1) is 20.9. The average molecular weight is 593 g/mol. The number of aryl methyl sites for hydroxylation is 1. The Morgan fingerprint density at radius 1 is 0.837 bits per heavy atom. The molecular weight excluding hydrogens is 568 g/mol. The van der Waals surface area contributed by atoms with E-state index in [4.69, 9.17) is 9.47 Å². The number of hydrogen-bond donors (Lipinski definition) is 2. The molecule has 1 aliphatic rings. The molecule has 0 unspecified atom stereocenters. The van der Waals surface area contributed by atoms with E-state index in [0.717, 1.165) is 36.1 Å². The first kappa shape index (κ1) is 28.9. The molecule has 2 amide bonds. The van der Waals surface area contributed by atoms with Crippen LogP contribution in [0, 0.1) is 11.3 Å². The zero-order valence-electron chi connectivity index (χ0n) is 22.7. The first-order valence-corrected chi connectivity index (χ1v) is 14.1. The summed E-state index contributed by atoms with van der Waals surface area (Å²) < 4.78 is 11.0. The Morgan fingerprint density at radius 2 is 1.49 bits per heavy atom. The number of rotatable bonds is 7. The quantitative estimate of drug-likeness (QED) is 0.101. The molecule has 0 saturated carbocycles. The Balaban J connectivity index is 1.30. The van der Waals surface area contributed by atoms with Gasteiger partial charge in [-0.3, -0.25) is 9.59 Å². The van der Waals surface area contributed by atoms with Crippen LogP contribution in [0.15, 0.2) is 84.0 Å². The van der Waals surface area contributed by atoms with Crippen LogP contribution in [0.25, 0.3) is 0 Å². The van der Waals surface area contributed by atoms with Crippen molar-refractivity contribution in [2.45, 2.75) is 25.7 Å². The number of carbonyl (C=O) groups is 4. The molecule has 1 aliphatic carbocycles. The number of esters is 2. The predicted molar refractivity (Wildman–Crippen MR) is 159 cm³/mol. The Morgan fingerprint density at radius 3 is 2.16 bits per heavy atom. The lowest BCUT2D eigenvalue weighted by Crippen LogP contribution is -2.32. The highest BCUT2D eigenvalue weighted by molar-refractivity contribution is 7.16. The molecule has 43 heavy (non-hydrogen) atoms. The topological polar surface area (TPSA) is 147 Å². The highest BCUT2D eigenvalue weighted by Crippen LogP contribution is 2.37. The van der Waals surface area contributed by atoms with Crippen LogP contribution in [0.4, 0.5) is 5.00 Å². The van der Waals surface area contributed by atoms with Crippen molar-refractivity contribution >= 4 is 46.3 Å². The molecule has 0 fully saturated rings. The van der Waals surface area contributed by atoms with Gasteiger partial charge < -0.3 is 14.8 Å². The summed E-state index contributed by atoms with van der Waals surface area (Å²) in [7, 11) is 0. The van der Waals surface area contributed by atoms with E-state index in [0.29, 0.717) is 16.1 Å². The average Bonchev–Trinajstić information content (AvgIpc) is 3.39. The number of ether oxygens (including phenoxy) is 2. The summed E-state index contributed by atoms with van der Waals surface area (Å²) in [6.07, 6.45) is 4.78. The summed E-state index contributed by atoms with van der Waals surface area (Å²) in [6, 6.07) is 23.1. The van der Waals surface area contributed by atoms with Gasteiger partial charge in [0.25, 0.3) is 0 Å². The van der Waals surface area contributed by atoms with Gasteiger partial charge in [-0.1, -0.05) is 36.4 Å². The van der Waals surface area contributed by atoms with Crippen LogP contribution in [-0.4, -0.2) is 30.0 Å². The van der Waals surface area contributed by atoms with E-state index >= 15 is 0 Å². The van der Waals surface area contributed by atoms with Gasteiger partial charge in [-0.05, 0) is 67.6 Å². The van der Waals surface area contributed by atoms with Gasteiger partial charge in [0.2, 0.25) is 0 Å². The van der Waals surface area contributed by atoms with E-state index in [9.17, 15) is 24.4 Å².